The minimum atomic E-state index is -0.739. The molecule has 2 aromatic carbocycles. The fraction of sp³-hybridized carbons (Fsp3) is 0.208. The number of benzene rings is 2. The first-order valence-electron chi connectivity index (χ1n) is 10.1. The second-order valence-electron chi connectivity index (χ2n) is 7.26. The summed E-state index contributed by atoms with van der Waals surface area (Å²) in [4.78, 5) is 37.7. The number of fused-ring (bicyclic) bond motifs is 1. The first-order valence-corrected chi connectivity index (χ1v) is 10.1. The average Bonchev–Trinajstić information content (AvgIpc) is 3.44. The summed E-state index contributed by atoms with van der Waals surface area (Å²) in [5.41, 5.74) is 2.41. The number of furan rings is 1. The average molecular weight is 434 g/mol. The van der Waals surface area contributed by atoms with E-state index in [1.165, 1.54) is 13.0 Å². The van der Waals surface area contributed by atoms with Crippen molar-refractivity contribution in [1.82, 2.24) is 0 Å². The fourth-order valence-electron chi connectivity index (χ4n) is 3.44. The van der Waals surface area contributed by atoms with Gasteiger partial charge in [0.05, 0.1) is 0 Å². The summed E-state index contributed by atoms with van der Waals surface area (Å²) in [6.07, 6.45) is 0.725. The second kappa shape index (κ2) is 9.38. The minimum absolute atomic E-state index is 0.00804. The second-order valence-corrected chi connectivity index (χ2v) is 7.26. The van der Waals surface area contributed by atoms with Crippen LogP contribution in [0.3, 0.4) is 0 Å². The van der Waals surface area contributed by atoms with Crippen LogP contribution in [0.5, 0.6) is 5.75 Å². The summed E-state index contributed by atoms with van der Waals surface area (Å²) in [6.45, 7) is 1.86. The van der Waals surface area contributed by atoms with Crippen LogP contribution in [-0.2, 0) is 27.4 Å². The molecule has 0 saturated heterocycles. The molecule has 1 aromatic heterocycles. The van der Waals surface area contributed by atoms with E-state index in [4.69, 9.17) is 13.9 Å². The number of para-hydroxylation sites is 1. The minimum Gasteiger partial charge on any atom is -0.486 e. The molecule has 2 amide bonds. The molecule has 0 bridgehead atoms. The lowest BCUT2D eigenvalue weighted by Gasteiger charge is -2.15. The molecule has 4 rings (SSSR count). The number of hydrogen-bond acceptors (Lipinski definition) is 6. The lowest BCUT2D eigenvalue weighted by molar-refractivity contribution is -0.119. The molecule has 2 heterocycles. The number of nitrogens with one attached hydrogen (secondary N) is 1. The van der Waals surface area contributed by atoms with Gasteiger partial charge in [-0.25, -0.2) is 4.79 Å². The van der Waals surface area contributed by atoms with Crippen LogP contribution in [0.25, 0.3) is 0 Å². The maximum atomic E-state index is 12.2. The van der Waals surface area contributed by atoms with Crippen LogP contribution in [0.1, 0.15) is 28.8 Å². The van der Waals surface area contributed by atoms with Crippen LogP contribution in [-0.4, -0.2) is 30.9 Å². The van der Waals surface area contributed by atoms with E-state index in [2.05, 4.69) is 5.32 Å². The van der Waals surface area contributed by atoms with Crippen molar-refractivity contribution in [1.29, 1.82) is 0 Å². The maximum absolute atomic E-state index is 12.2. The Bertz CT molecular complexity index is 1140. The van der Waals surface area contributed by atoms with E-state index in [0.29, 0.717) is 23.7 Å². The molecule has 0 aliphatic carbocycles. The van der Waals surface area contributed by atoms with Gasteiger partial charge in [-0.1, -0.05) is 18.2 Å². The Kier molecular flexibility index (Phi) is 6.21. The standard InChI is InChI=1S/C24H22N2O6/c1-16(27)26-12-11-17-13-18(7-9-21(17)26)25-23(28)15-31-24(29)22-10-8-20(32-22)14-30-19-5-3-2-4-6-19/h2-10,13H,11-12,14-15H2,1H3,(H,25,28). The summed E-state index contributed by atoms with van der Waals surface area (Å²) in [6, 6.07) is 17.7. The van der Waals surface area contributed by atoms with Gasteiger partial charge in [0.2, 0.25) is 11.7 Å². The third-order valence-electron chi connectivity index (χ3n) is 4.96. The maximum Gasteiger partial charge on any atom is 0.374 e. The zero-order valence-corrected chi connectivity index (χ0v) is 17.5. The molecule has 0 unspecified atom stereocenters. The molecule has 32 heavy (non-hydrogen) atoms. The topological polar surface area (TPSA) is 98.1 Å². The highest BCUT2D eigenvalue weighted by Gasteiger charge is 2.22. The van der Waals surface area contributed by atoms with Crippen molar-refractivity contribution in [3.05, 3.63) is 77.7 Å². The summed E-state index contributed by atoms with van der Waals surface area (Å²) in [5.74, 6) is -0.0872. The number of amides is 2. The van der Waals surface area contributed by atoms with Crippen molar-refractivity contribution in [3.63, 3.8) is 0 Å². The van der Waals surface area contributed by atoms with Crippen LogP contribution in [0.15, 0.2) is 65.1 Å². The quantitative estimate of drug-likeness (QED) is 0.571. The highest BCUT2D eigenvalue weighted by molar-refractivity contribution is 5.96. The molecular formula is C24H22N2O6. The van der Waals surface area contributed by atoms with Gasteiger partial charge in [0, 0.05) is 24.8 Å². The van der Waals surface area contributed by atoms with Crippen LogP contribution in [0.2, 0.25) is 0 Å². The van der Waals surface area contributed by atoms with E-state index >= 15 is 0 Å². The van der Waals surface area contributed by atoms with Gasteiger partial charge in [0.25, 0.3) is 5.91 Å². The van der Waals surface area contributed by atoms with E-state index in [1.807, 2.05) is 36.4 Å². The van der Waals surface area contributed by atoms with Crippen LogP contribution >= 0.6 is 0 Å². The largest absolute Gasteiger partial charge is 0.486 e. The highest BCUT2D eigenvalue weighted by Crippen LogP contribution is 2.30. The van der Waals surface area contributed by atoms with Crippen molar-refractivity contribution < 1.29 is 28.3 Å². The van der Waals surface area contributed by atoms with Crippen molar-refractivity contribution >= 4 is 29.2 Å². The van der Waals surface area contributed by atoms with Gasteiger partial charge in [-0.2, -0.15) is 0 Å². The lowest BCUT2D eigenvalue weighted by Crippen LogP contribution is -2.25. The number of hydrogen-bond donors (Lipinski definition) is 1. The molecule has 1 aliphatic heterocycles. The molecule has 8 nitrogen and oxygen atoms in total. The van der Waals surface area contributed by atoms with Gasteiger partial charge in [0.1, 0.15) is 18.1 Å². The van der Waals surface area contributed by atoms with E-state index in [9.17, 15) is 14.4 Å². The number of ether oxygens (including phenoxy) is 2. The molecule has 3 aromatic rings. The van der Waals surface area contributed by atoms with Gasteiger partial charge < -0.3 is 24.1 Å². The Hall–Kier alpha value is -4.07. The van der Waals surface area contributed by atoms with Crippen molar-refractivity contribution in [3.8, 4) is 5.75 Å². The number of carbonyl (C=O) groups excluding carboxylic acids is 3. The molecular weight excluding hydrogens is 412 g/mol. The first-order chi connectivity index (χ1) is 15.5. The molecule has 0 atom stereocenters. The number of nitrogens with zero attached hydrogens (tertiary/aromatic N) is 1. The number of esters is 1. The molecule has 1 N–H and O–H groups in total. The molecule has 1 aliphatic rings. The molecule has 8 heteroatoms. The Morgan fingerprint density at radius 2 is 1.88 bits per heavy atom. The van der Waals surface area contributed by atoms with Gasteiger partial charge in [0.15, 0.2) is 6.61 Å². The van der Waals surface area contributed by atoms with E-state index < -0.39 is 18.5 Å². The van der Waals surface area contributed by atoms with Crippen molar-refractivity contribution in [2.45, 2.75) is 20.0 Å². The molecule has 164 valence electrons. The molecule has 0 fully saturated rings. The van der Waals surface area contributed by atoms with Crippen LogP contribution < -0.4 is 15.0 Å². The zero-order valence-electron chi connectivity index (χ0n) is 17.5. The van der Waals surface area contributed by atoms with Gasteiger partial charge in [-0.05, 0) is 54.4 Å². The van der Waals surface area contributed by atoms with Crippen molar-refractivity contribution in [2.75, 3.05) is 23.4 Å². The van der Waals surface area contributed by atoms with Gasteiger partial charge in [-0.3, -0.25) is 9.59 Å². The number of rotatable bonds is 7. The lowest BCUT2D eigenvalue weighted by atomic mass is 10.1. The van der Waals surface area contributed by atoms with Gasteiger partial charge >= 0.3 is 5.97 Å². The Labute approximate surface area is 184 Å². The normalized spacial score (nSPS) is 12.2. The van der Waals surface area contributed by atoms with Crippen molar-refractivity contribution in [2.24, 2.45) is 0 Å². The Morgan fingerprint density at radius 1 is 1.06 bits per heavy atom. The Balaban J connectivity index is 1.26. The fourth-order valence-corrected chi connectivity index (χ4v) is 3.44. The monoisotopic (exact) mass is 434 g/mol. The summed E-state index contributed by atoms with van der Waals surface area (Å²) >= 11 is 0. The summed E-state index contributed by atoms with van der Waals surface area (Å²) < 4.78 is 16.0. The van der Waals surface area contributed by atoms with Crippen LogP contribution in [0, 0.1) is 0 Å². The number of carbonyl (C=O) groups is 3. The smallest absolute Gasteiger partial charge is 0.374 e. The van der Waals surface area contributed by atoms with Crippen LogP contribution in [0.4, 0.5) is 11.4 Å². The molecule has 0 spiro atoms. The Morgan fingerprint density at radius 3 is 2.66 bits per heavy atom. The van der Waals surface area contributed by atoms with Gasteiger partial charge in [-0.15, -0.1) is 0 Å². The SMILES string of the molecule is CC(=O)N1CCc2cc(NC(=O)COC(=O)c3ccc(COc4ccccc4)o3)ccc21. The number of anilines is 2. The summed E-state index contributed by atoms with van der Waals surface area (Å²) in [7, 11) is 0. The van der Waals surface area contributed by atoms with E-state index in [0.717, 1.165) is 17.7 Å². The third kappa shape index (κ3) is 4.97. The molecule has 0 radical (unpaired) electrons. The summed E-state index contributed by atoms with van der Waals surface area (Å²) in [5, 5.41) is 2.70. The third-order valence-corrected chi connectivity index (χ3v) is 4.96. The van der Waals surface area contributed by atoms with E-state index in [1.54, 1.807) is 23.1 Å². The highest BCUT2D eigenvalue weighted by atomic mass is 16.6. The molecule has 0 saturated carbocycles. The zero-order chi connectivity index (χ0) is 22.5. The first kappa shape index (κ1) is 21.2. The predicted molar refractivity (Wildman–Crippen MR) is 117 cm³/mol. The van der Waals surface area contributed by atoms with E-state index in [-0.39, 0.29) is 18.3 Å². The predicted octanol–water partition coefficient (Wildman–Crippen LogP) is 3.56.